The predicted molar refractivity (Wildman–Crippen MR) is 79.4 cm³/mol. The van der Waals surface area contributed by atoms with Gasteiger partial charge in [0.25, 0.3) is 0 Å². The van der Waals surface area contributed by atoms with Crippen molar-refractivity contribution in [3.63, 3.8) is 0 Å². The fourth-order valence-corrected chi connectivity index (χ4v) is 2.76. The zero-order chi connectivity index (χ0) is 14.8. The second kappa shape index (κ2) is 5.85. The Hall–Kier alpha value is -1.53. The van der Waals surface area contributed by atoms with E-state index < -0.39 is 5.41 Å². The third-order valence-electron chi connectivity index (χ3n) is 3.92. The minimum Gasteiger partial charge on any atom is -0.341 e. The van der Waals surface area contributed by atoms with Gasteiger partial charge in [-0.2, -0.15) is 5.26 Å². The van der Waals surface area contributed by atoms with Crippen LogP contribution >= 0.6 is 11.6 Å². The smallest absolute Gasteiger partial charge is 0.233 e. The Morgan fingerprint density at radius 3 is 2.75 bits per heavy atom. The van der Waals surface area contributed by atoms with Gasteiger partial charge >= 0.3 is 0 Å². The SMILES string of the molecule is CCN(C[C@H](C)C#N)C(=O)C1(c2cccc(Cl)c2)CC1. The summed E-state index contributed by atoms with van der Waals surface area (Å²) >= 11 is 6.04. The molecule has 0 saturated heterocycles. The summed E-state index contributed by atoms with van der Waals surface area (Å²) in [5.41, 5.74) is 0.592. The molecule has 1 aliphatic rings. The highest BCUT2D eigenvalue weighted by atomic mass is 35.5. The fourth-order valence-electron chi connectivity index (χ4n) is 2.57. The molecule has 1 amide bonds. The van der Waals surface area contributed by atoms with Gasteiger partial charge in [0.1, 0.15) is 0 Å². The quantitative estimate of drug-likeness (QED) is 0.834. The van der Waals surface area contributed by atoms with E-state index in [9.17, 15) is 4.79 Å². The van der Waals surface area contributed by atoms with Crippen LogP contribution in [0.1, 0.15) is 32.3 Å². The van der Waals surface area contributed by atoms with E-state index in [0.29, 0.717) is 18.1 Å². The number of benzene rings is 1. The van der Waals surface area contributed by atoms with E-state index in [0.717, 1.165) is 18.4 Å². The van der Waals surface area contributed by atoms with Gasteiger partial charge in [-0.05, 0) is 44.4 Å². The van der Waals surface area contributed by atoms with Crippen LogP contribution in [-0.2, 0) is 10.2 Å². The van der Waals surface area contributed by atoms with Crippen molar-refractivity contribution in [2.75, 3.05) is 13.1 Å². The first-order valence-corrected chi connectivity index (χ1v) is 7.36. The molecule has 106 valence electrons. The van der Waals surface area contributed by atoms with E-state index in [1.165, 1.54) is 0 Å². The molecule has 0 N–H and O–H groups in total. The summed E-state index contributed by atoms with van der Waals surface area (Å²) in [4.78, 5) is 14.6. The lowest BCUT2D eigenvalue weighted by Crippen LogP contribution is -2.41. The molecule has 0 unspecified atom stereocenters. The first-order chi connectivity index (χ1) is 9.53. The van der Waals surface area contributed by atoms with Crippen LogP contribution in [-0.4, -0.2) is 23.9 Å². The third-order valence-corrected chi connectivity index (χ3v) is 4.16. The summed E-state index contributed by atoms with van der Waals surface area (Å²) in [7, 11) is 0. The van der Waals surface area contributed by atoms with Crippen LogP contribution in [0.25, 0.3) is 0 Å². The van der Waals surface area contributed by atoms with Crippen molar-refractivity contribution in [3.05, 3.63) is 34.9 Å². The van der Waals surface area contributed by atoms with Crippen molar-refractivity contribution < 1.29 is 4.79 Å². The van der Waals surface area contributed by atoms with Crippen molar-refractivity contribution in [1.29, 1.82) is 5.26 Å². The number of hydrogen-bond acceptors (Lipinski definition) is 2. The van der Waals surface area contributed by atoms with Gasteiger partial charge in [-0.1, -0.05) is 23.7 Å². The highest BCUT2D eigenvalue weighted by Gasteiger charge is 2.52. The van der Waals surface area contributed by atoms with E-state index in [2.05, 4.69) is 6.07 Å². The van der Waals surface area contributed by atoms with Gasteiger partial charge in [0.2, 0.25) is 5.91 Å². The second-order valence-electron chi connectivity index (χ2n) is 5.47. The van der Waals surface area contributed by atoms with Gasteiger partial charge in [0.15, 0.2) is 0 Å². The van der Waals surface area contributed by atoms with E-state index >= 15 is 0 Å². The molecule has 1 atom stereocenters. The maximum atomic E-state index is 12.8. The van der Waals surface area contributed by atoms with Crippen LogP contribution in [0.4, 0.5) is 0 Å². The Kier molecular flexibility index (Phi) is 4.35. The molecule has 0 aromatic heterocycles. The van der Waals surface area contributed by atoms with Gasteiger partial charge in [-0.25, -0.2) is 0 Å². The second-order valence-corrected chi connectivity index (χ2v) is 5.90. The van der Waals surface area contributed by atoms with Crippen molar-refractivity contribution in [2.24, 2.45) is 5.92 Å². The lowest BCUT2D eigenvalue weighted by molar-refractivity contribution is -0.134. The number of amides is 1. The molecule has 1 fully saturated rings. The van der Waals surface area contributed by atoms with Crippen molar-refractivity contribution in [1.82, 2.24) is 4.90 Å². The average molecular weight is 291 g/mol. The summed E-state index contributed by atoms with van der Waals surface area (Å²) in [5, 5.41) is 9.59. The first-order valence-electron chi connectivity index (χ1n) is 6.98. The highest BCUT2D eigenvalue weighted by molar-refractivity contribution is 6.30. The Morgan fingerprint density at radius 2 is 2.25 bits per heavy atom. The van der Waals surface area contributed by atoms with Crippen LogP contribution in [0.3, 0.4) is 0 Å². The van der Waals surface area contributed by atoms with Gasteiger partial charge in [0, 0.05) is 18.1 Å². The van der Waals surface area contributed by atoms with Crippen molar-refractivity contribution in [3.8, 4) is 6.07 Å². The van der Waals surface area contributed by atoms with Crippen LogP contribution in [0.5, 0.6) is 0 Å². The molecule has 0 spiro atoms. The molecular weight excluding hydrogens is 272 g/mol. The summed E-state index contributed by atoms with van der Waals surface area (Å²) in [6.45, 7) is 4.92. The van der Waals surface area contributed by atoms with Gasteiger partial charge in [0.05, 0.1) is 17.4 Å². The van der Waals surface area contributed by atoms with Crippen molar-refractivity contribution >= 4 is 17.5 Å². The van der Waals surface area contributed by atoms with E-state index in [-0.39, 0.29) is 11.8 Å². The number of nitriles is 1. The number of likely N-dealkylation sites (N-methyl/N-ethyl adjacent to an activating group) is 1. The molecule has 1 aromatic rings. The topological polar surface area (TPSA) is 44.1 Å². The normalized spacial score (nSPS) is 17.1. The van der Waals surface area contributed by atoms with Gasteiger partial charge in [-0.15, -0.1) is 0 Å². The maximum absolute atomic E-state index is 12.8. The van der Waals surface area contributed by atoms with Crippen molar-refractivity contribution in [2.45, 2.75) is 32.1 Å². The first kappa shape index (κ1) is 14.9. The van der Waals surface area contributed by atoms with Gasteiger partial charge in [-0.3, -0.25) is 4.79 Å². The summed E-state index contributed by atoms with van der Waals surface area (Å²) < 4.78 is 0. The fraction of sp³-hybridized carbons (Fsp3) is 0.500. The molecule has 3 nitrogen and oxygen atoms in total. The standard InChI is InChI=1S/C16H19ClN2O/c1-3-19(11-12(2)10-18)15(20)16(7-8-16)13-5-4-6-14(17)9-13/h4-6,9,12H,3,7-8,11H2,1-2H3/t12-/m1/s1. The van der Waals surface area contributed by atoms with E-state index in [4.69, 9.17) is 16.9 Å². The zero-order valence-corrected chi connectivity index (χ0v) is 12.7. The van der Waals surface area contributed by atoms with Gasteiger partial charge < -0.3 is 4.90 Å². The summed E-state index contributed by atoms with van der Waals surface area (Å²) in [5.74, 6) is -0.0153. The zero-order valence-electron chi connectivity index (χ0n) is 11.9. The molecule has 4 heteroatoms. The summed E-state index contributed by atoms with van der Waals surface area (Å²) in [6.07, 6.45) is 1.73. The summed E-state index contributed by atoms with van der Waals surface area (Å²) in [6, 6.07) is 9.75. The Labute approximate surface area is 125 Å². The van der Waals surface area contributed by atoms with Crippen LogP contribution in [0.2, 0.25) is 5.02 Å². The molecule has 20 heavy (non-hydrogen) atoms. The molecule has 0 heterocycles. The molecule has 1 aliphatic carbocycles. The maximum Gasteiger partial charge on any atom is 0.233 e. The number of nitrogens with zero attached hydrogens (tertiary/aromatic N) is 2. The largest absolute Gasteiger partial charge is 0.341 e. The van der Waals surface area contributed by atoms with Crippen LogP contribution in [0.15, 0.2) is 24.3 Å². The third kappa shape index (κ3) is 2.81. The molecule has 1 aromatic carbocycles. The number of rotatable bonds is 5. The predicted octanol–water partition coefficient (Wildman–Crippen LogP) is 3.38. The monoisotopic (exact) mass is 290 g/mol. The number of carbonyl (C=O) groups is 1. The molecule has 0 aliphatic heterocycles. The molecule has 2 rings (SSSR count). The van der Waals surface area contributed by atoms with E-state index in [1.807, 2.05) is 38.1 Å². The Balaban J connectivity index is 2.21. The molecule has 0 bridgehead atoms. The minimum atomic E-state index is -0.407. The number of halogens is 1. The number of carbonyl (C=O) groups excluding carboxylic acids is 1. The molecule has 0 radical (unpaired) electrons. The highest BCUT2D eigenvalue weighted by Crippen LogP contribution is 2.50. The number of hydrogen-bond donors (Lipinski definition) is 0. The average Bonchev–Trinajstić information content (AvgIpc) is 3.25. The Bertz CT molecular complexity index is 546. The van der Waals surface area contributed by atoms with Crippen LogP contribution in [0, 0.1) is 17.2 Å². The van der Waals surface area contributed by atoms with E-state index in [1.54, 1.807) is 4.90 Å². The molecular formula is C16H19ClN2O. The Morgan fingerprint density at radius 1 is 1.55 bits per heavy atom. The molecule has 1 saturated carbocycles. The lowest BCUT2D eigenvalue weighted by Gasteiger charge is -2.27. The minimum absolute atomic E-state index is 0.129. The lowest BCUT2D eigenvalue weighted by atomic mass is 9.94. The van der Waals surface area contributed by atoms with Crippen LogP contribution < -0.4 is 0 Å².